The van der Waals surface area contributed by atoms with Crippen molar-refractivity contribution in [1.82, 2.24) is 19.6 Å². The third-order valence-electron chi connectivity index (χ3n) is 7.91. The molecule has 46 heavy (non-hydrogen) atoms. The van der Waals surface area contributed by atoms with Crippen LogP contribution in [0.3, 0.4) is 0 Å². The van der Waals surface area contributed by atoms with Crippen LogP contribution in [0.5, 0.6) is 23.0 Å². The van der Waals surface area contributed by atoms with Gasteiger partial charge in [0.1, 0.15) is 41.0 Å². The Morgan fingerprint density at radius 3 is 2.39 bits per heavy atom. The van der Waals surface area contributed by atoms with Gasteiger partial charge in [-0.2, -0.15) is 5.10 Å². The summed E-state index contributed by atoms with van der Waals surface area (Å²) in [6.07, 6.45) is 0. The van der Waals surface area contributed by atoms with Crippen molar-refractivity contribution in [3.8, 4) is 34.3 Å². The van der Waals surface area contributed by atoms with E-state index in [9.17, 15) is 15.0 Å². The second-order valence-electron chi connectivity index (χ2n) is 11.5. The topological polar surface area (TPSA) is 112 Å². The van der Waals surface area contributed by atoms with Gasteiger partial charge in [-0.25, -0.2) is 4.68 Å². The van der Waals surface area contributed by atoms with Gasteiger partial charge in [0, 0.05) is 43.4 Å². The van der Waals surface area contributed by atoms with Crippen LogP contribution in [0, 0.1) is 0 Å². The maximum absolute atomic E-state index is 14.0. The van der Waals surface area contributed by atoms with Crippen LogP contribution in [0.2, 0.25) is 0 Å². The van der Waals surface area contributed by atoms with Crippen LogP contribution in [0.25, 0.3) is 11.3 Å². The SMILES string of the molecule is COc1ccc(Cn2nc(-c3ccccc3)cc2Nc2cc(O)cc(O)c2C(=O)N2Cc3ccc(OCCN(C)C)cc3C2)cc1. The number of carbonyl (C=O) groups is 1. The molecule has 0 saturated heterocycles. The van der Waals surface area contributed by atoms with Gasteiger partial charge >= 0.3 is 0 Å². The zero-order chi connectivity index (χ0) is 32.2. The molecule has 1 amide bonds. The molecule has 2 heterocycles. The lowest BCUT2D eigenvalue weighted by Gasteiger charge is -2.20. The fourth-order valence-corrected chi connectivity index (χ4v) is 5.47. The molecule has 0 atom stereocenters. The first-order chi connectivity index (χ1) is 22.3. The molecular formula is C36H37N5O5. The minimum atomic E-state index is -0.365. The molecule has 10 heteroatoms. The van der Waals surface area contributed by atoms with E-state index in [0.29, 0.717) is 32.1 Å². The number of aromatic hydroxyl groups is 2. The normalized spacial score (nSPS) is 12.3. The summed E-state index contributed by atoms with van der Waals surface area (Å²) in [6, 6.07) is 27.9. The minimum Gasteiger partial charge on any atom is -0.508 e. The number of benzene rings is 4. The Kier molecular flexibility index (Phi) is 8.80. The molecule has 236 valence electrons. The van der Waals surface area contributed by atoms with E-state index in [1.165, 1.54) is 12.1 Å². The highest BCUT2D eigenvalue weighted by atomic mass is 16.5. The number of rotatable bonds is 11. The van der Waals surface area contributed by atoms with Gasteiger partial charge in [0.15, 0.2) is 0 Å². The summed E-state index contributed by atoms with van der Waals surface area (Å²) in [5.41, 5.74) is 4.98. The van der Waals surface area contributed by atoms with Gasteiger partial charge in [-0.3, -0.25) is 4.79 Å². The van der Waals surface area contributed by atoms with Crippen LogP contribution < -0.4 is 14.8 Å². The number of phenols is 2. The van der Waals surface area contributed by atoms with Crippen molar-refractivity contribution in [2.45, 2.75) is 19.6 Å². The number of phenolic OH excluding ortho intramolecular Hbond substituents is 2. The van der Waals surface area contributed by atoms with E-state index >= 15 is 0 Å². The van der Waals surface area contributed by atoms with Crippen LogP contribution in [-0.4, -0.2) is 70.1 Å². The number of methoxy groups -OCH3 is 1. The maximum Gasteiger partial charge on any atom is 0.260 e. The number of likely N-dealkylation sites (N-methyl/N-ethyl adjacent to an activating group) is 1. The number of hydrogen-bond acceptors (Lipinski definition) is 8. The lowest BCUT2D eigenvalue weighted by Crippen LogP contribution is -2.26. The molecule has 10 nitrogen and oxygen atoms in total. The highest BCUT2D eigenvalue weighted by Gasteiger charge is 2.29. The van der Waals surface area contributed by atoms with Crippen LogP contribution in [0.4, 0.5) is 11.5 Å². The van der Waals surface area contributed by atoms with Crippen LogP contribution in [0.15, 0.2) is 91.0 Å². The number of fused-ring (bicyclic) bond motifs is 1. The monoisotopic (exact) mass is 619 g/mol. The smallest absolute Gasteiger partial charge is 0.260 e. The molecule has 0 fully saturated rings. The number of aromatic nitrogens is 2. The zero-order valence-electron chi connectivity index (χ0n) is 26.1. The quantitative estimate of drug-likeness (QED) is 0.169. The fourth-order valence-electron chi connectivity index (χ4n) is 5.47. The summed E-state index contributed by atoms with van der Waals surface area (Å²) in [5, 5.41) is 29.7. The van der Waals surface area contributed by atoms with Gasteiger partial charge in [-0.05, 0) is 55.1 Å². The summed E-state index contributed by atoms with van der Waals surface area (Å²) in [4.78, 5) is 17.8. The van der Waals surface area contributed by atoms with Crippen molar-refractivity contribution in [1.29, 1.82) is 0 Å². The van der Waals surface area contributed by atoms with E-state index in [1.807, 2.05) is 93.0 Å². The molecule has 1 aliphatic rings. The molecule has 1 aliphatic heterocycles. The van der Waals surface area contributed by atoms with Crippen molar-refractivity contribution < 1.29 is 24.5 Å². The predicted molar refractivity (Wildman–Crippen MR) is 177 cm³/mol. The number of ether oxygens (including phenoxy) is 2. The van der Waals surface area contributed by atoms with E-state index in [-0.39, 0.29) is 28.7 Å². The lowest BCUT2D eigenvalue weighted by atomic mass is 10.1. The van der Waals surface area contributed by atoms with Crippen molar-refractivity contribution >= 4 is 17.4 Å². The number of nitrogens with one attached hydrogen (secondary N) is 1. The average Bonchev–Trinajstić information content (AvgIpc) is 3.65. The Morgan fingerprint density at radius 2 is 1.65 bits per heavy atom. The third-order valence-corrected chi connectivity index (χ3v) is 7.91. The van der Waals surface area contributed by atoms with Crippen molar-refractivity contribution in [3.05, 3.63) is 113 Å². The fraction of sp³-hybridized carbons (Fsp3) is 0.222. The highest BCUT2D eigenvalue weighted by molar-refractivity contribution is 6.03. The molecule has 3 N–H and O–H groups in total. The Hall–Kier alpha value is -5.48. The summed E-state index contributed by atoms with van der Waals surface area (Å²) >= 11 is 0. The van der Waals surface area contributed by atoms with Gasteiger partial charge in [0.05, 0.1) is 25.0 Å². The van der Waals surface area contributed by atoms with Crippen LogP contribution in [-0.2, 0) is 19.6 Å². The number of anilines is 2. The molecular weight excluding hydrogens is 582 g/mol. The molecule has 0 bridgehead atoms. The van der Waals surface area contributed by atoms with Crippen LogP contribution >= 0.6 is 0 Å². The molecule has 0 unspecified atom stereocenters. The van der Waals surface area contributed by atoms with Crippen LogP contribution in [0.1, 0.15) is 27.0 Å². The van der Waals surface area contributed by atoms with Gasteiger partial charge in [0.25, 0.3) is 5.91 Å². The Morgan fingerprint density at radius 1 is 0.913 bits per heavy atom. The summed E-state index contributed by atoms with van der Waals surface area (Å²) in [6.45, 7) is 2.54. The predicted octanol–water partition coefficient (Wildman–Crippen LogP) is 5.86. The Balaban J connectivity index is 1.29. The van der Waals surface area contributed by atoms with E-state index in [0.717, 1.165) is 46.0 Å². The molecule has 0 aliphatic carbocycles. The second kappa shape index (κ2) is 13.3. The lowest BCUT2D eigenvalue weighted by molar-refractivity contribution is 0.0749. The number of hydrogen-bond donors (Lipinski definition) is 3. The van der Waals surface area contributed by atoms with Gasteiger partial charge in [-0.1, -0.05) is 48.5 Å². The zero-order valence-corrected chi connectivity index (χ0v) is 26.1. The molecule has 5 aromatic rings. The van der Waals surface area contributed by atoms with E-state index in [4.69, 9.17) is 14.6 Å². The Labute approximate surface area is 268 Å². The maximum atomic E-state index is 14.0. The molecule has 0 radical (unpaired) electrons. The largest absolute Gasteiger partial charge is 0.508 e. The first-order valence-electron chi connectivity index (χ1n) is 15.0. The third kappa shape index (κ3) is 6.77. The Bertz CT molecular complexity index is 1840. The molecule has 0 saturated carbocycles. The average molecular weight is 620 g/mol. The minimum absolute atomic E-state index is 0.0616. The first kappa shape index (κ1) is 30.5. The van der Waals surface area contributed by atoms with E-state index < -0.39 is 0 Å². The first-order valence-corrected chi connectivity index (χ1v) is 15.0. The highest BCUT2D eigenvalue weighted by Crippen LogP contribution is 2.37. The standard InChI is InChI=1S/C36H37N5O5/c1-39(2)15-16-46-30-14-11-26-22-40(23-27(26)17-30)36(44)35-32(18-28(42)19-33(35)43)37-34-20-31(25-7-5-4-6-8-25)38-41(34)21-24-9-12-29(45-3)13-10-24/h4-14,17-20,37,42-43H,15-16,21-23H2,1-3H3. The molecule has 6 rings (SSSR count). The number of carbonyl (C=O) groups excluding carboxylic acids is 1. The van der Waals surface area contributed by atoms with E-state index in [1.54, 1.807) is 16.7 Å². The second-order valence-corrected chi connectivity index (χ2v) is 11.5. The number of amides is 1. The van der Waals surface area contributed by atoms with Gasteiger partial charge < -0.3 is 34.8 Å². The summed E-state index contributed by atoms with van der Waals surface area (Å²) < 4.78 is 13.0. The van der Waals surface area contributed by atoms with Gasteiger partial charge in [-0.15, -0.1) is 0 Å². The van der Waals surface area contributed by atoms with Crippen molar-refractivity contribution in [2.24, 2.45) is 0 Å². The van der Waals surface area contributed by atoms with Gasteiger partial charge in [0.2, 0.25) is 0 Å². The van der Waals surface area contributed by atoms with E-state index in [2.05, 4.69) is 10.2 Å². The van der Waals surface area contributed by atoms with Crippen molar-refractivity contribution in [2.75, 3.05) is 39.7 Å². The summed E-state index contributed by atoms with van der Waals surface area (Å²) in [5.74, 6) is 1.23. The number of nitrogens with zero attached hydrogens (tertiary/aromatic N) is 4. The molecule has 1 aromatic heterocycles. The molecule has 0 spiro atoms. The van der Waals surface area contributed by atoms with Crippen molar-refractivity contribution in [3.63, 3.8) is 0 Å². The molecule has 4 aromatic carbocycles. The summed E-state index contributed by atoms with van der Waals surface area (Å²) in [7, 11) is 5.61.